The molecule has 0 saturated carbocycles. The fourth-order valence-corrected chi connectivity index (χ4v) is 1.29. The van der Waals surface area contributed by atoms with Crippen LogP contribution in [0.4, 0.5) is 0 Å². The molecule has 1 aromatic carbocycles. The van der Waals surface area contributed by atoms with Crippen LogP contribution in [0, 0.1) is 0 Å². The van der Waals surface area contributed by atoms with Gasteiger partial charge < -0.3 is 14.9 Å². The Morgan fingerprint density at radius 1 is 1.50 bits per heavy atom. The molecule has 0 saturated heterocycles. The number of ether oxygens (including phenoxy) is 1. The zero-order chi connectivity index (χ0) is 9.14. The van der Waals surface area contributed by atoms with Gasteiger partial charge in [-0.3, -0.25) is 0 Å². The molecular formula is C8H9ClO3. The number of aliphatic hydroxyl groups is 1. The third-order valence-corrected chi connectivity index (χ3v) is 1.76. The van der Waals surface area contributed by atoms with Gasteiger partial charge in [0.05, 0.1) is 18.7 Å². The summed E-state index contributed by atoms with van der Waals surface area (Å²) in [7, 11) is 1.46. The highest BCUT2D eigenvalue weighted by molar-refractivity contribution is 6.32. The Hall–Kier alpha value is -0.930. The second-order valence-electron chi connectivity index (χ2n) is 2.28. The van der Waals surface area contributed by atoms with Gasteiger partial charge >= 0.3 is 0 Å². The van der Waals surface area contributed by atoms with Crippen molar-refractivity contribution in [1.29, 1.82) is 0 Å². The molecule has 0 aliphatic rings. The van der Waals surface area contributed by atoms with E-state index in [1.807, 2.05) is 0 Å². The van der Waals surface area contributed by atoms with Crippen LogP contribution in [0.15, 0.2) is 12.1 Å². The maximum absolute atomic E-state index is 9.09. The molecule has 0 aliphatic carbocycles. The number of methoxy groups -OCH3 is 1. The molecule has 0 atom stereocenters. The van der Waals surface area contributed by atoms with Crippen molar-refractivity contribution >= 4 is 11.6 Å². The molecule has 0 unspecified atom stereocenters. The first-order valence-electron chi connectivity index (χ1n) is 3.35. The topological polar surface area (TPSA) is 49.7 Å². The second kappa shape index (κ2) is 3.65. The van der Waals surface area contributed by atoms with Crippen molar-refractivity contribution < 1.29 is 14.9 Å². The lowest BCUT2D eigenvalue weighted by Crippen LogP contribution is -1.92. The molecule has 0 bridgehead atoms. The molecule has 1 aromatic rings. The summed E-state index contributed by atoms with van der Waals surface area (Å²) in [5.74, 6) is 0.418. The van der Waals surface area contributed by atoms with Crippen LogP contribution in [0.25, 0.3) is 0 Å². The van der Waals surface area contributed by atoms with Crippen molar-refractivity contribution in [3.8, 4) is 11.5 Å². The normalized spacial score (nSPS) is 9.92. The first kappa shape index (κ1) is 9.16. The number of benzene rings is 1. The molecule has 3 nitrogen and oxygen atoms in total. The third-order valence-electron chi connectivity index (χ3n) is 1.48. The van der Waals surface area contributed by atoms with E-state index >= 15 is 0 Å². The molecule has 0 aliphatic heterocycles. The van der Waals surface area contributed by atoms with Crippen LogP contribution in [0.5, 0.6) is 11.5 Å². The summed E-state index contributed by atoms with van der Waals surface area (Å²) >= 11 is 5.72. The molecule has 4 heteroatoms. The van der Waals surface area contributed by atoms with Gasteiger partial charge in [0.1, 0.15) is 11.5 Å². The fourth-order valence-electron chi connectivity index (χ4n) is 0.981. The lowest BCUT2D eigenvalue weighted by molar-refractivity contribution is 0.273. The van der Waals surface area contributed by atoms with Gasteiger partial charge in [0.2, 0.25) is 0 Å². The highest BCUT2D eigenvalue weighted by Gasteiger charge is 2.08. The Labute approximate surface area is 75.2 Å². The molecule has 66 valence electrons. The summed E-state index contributed by atoms with van der Waals surface area (Å²) in [6.07, 6.45) is 0. The van der Waals surface area contributed by atoms with Crippen molar-refractivity contribution in [2.24, 2.45) is 0 Å². The standard InChI is InChI=1S/C8H9ClO3/c1-12-8-5(4-10)2-6(11)3-7(8)9/h2-3,10-11H,4H2,1H3. The monoisotopic (exact) mass is 188 g/mol. The first-order valence-corrected chi connectivity index (χ1v) is 3.73. The lowest BCUT2D eigenvalue weighted by atomic mass is 10.2. The molecule has 0 amide bonds. The quantitative estimate of drug-likeness (QED) is 0.741. The van der Waals surface area contributed by atoms with E-state index in [-0.39, 0.29) is 12.4 Å². The summed E-state index contributed by atoms with van der Waals surface area (Å²) < 4.78 is 4.92. The Kier molecular flexibility index (Phi) is 2.78. The van der Waals surface area contributed by atoms with E-state index < -0.39 is 0 Å². The average Bonchev–Trinajstić information content (AvgIpc) is 2.03. The van der Waals surface area contributed by atoms with Gasteiger partial charge in [-0.1, -0.05) is 11.6 Å². The highest BCUT2D eigenvalue weighted by Crippen LogP contribution is 2.32. The van der Waals surface area contributed by atoms with Crippen molar-refractivity contribution in [2.45, 2.75) is 6.61 Å². The highest BCUT2D eigenvalue weighted by atomic mass is 35.5. The Balaban J connectivity index is 3.24. The number of halogens is 1. The van der Waals surface area contributed by atoms with Gasteiger partial charge in [-0.05, 0) is 6.07 Å². The Morgan fingerprint density at radius 3 is 2.67 bits per heavy atom. The number of hydrogen-bond donors (Lipinski definition) is 2. The van der Waals surface area contributed by atoms with Crippen LogP contribution in [-0.2, 0) is 6.61 Å². The van der Waals surface area contributed by atoms with Crippen LogP contribution in [0.3, 0.4) is 0 Å². The van der Waals surface area contributed by atoms with Gasteiger partial charge in [-0.25, -0.2) is 0 Å². The van der Waals surface area contributed by atoms with Crippen LogP contribution >= 0.6 is 11.6 Å². The number of hydrogen-bond acceptors (Lipinski definition) is 3. The third kappa shape index (κ3) is 1.62. The average molecular weight is 189 g/mol. The van der Waals surface area contributed by atoms with Gasteiger partial charge in [-0.15, -0.1) is 0 Å². The number of phenolic OH excluding ortho intramolecular Hbond substituents is 1. The maximum Gasteiger partial charge on any atom is 0.143 e. The zero-order valence-corrected chi connectivity index (χ0v) is 7.30. The predicted molar refractivity (Wildman–Crippen MR) is 45.6 cm³/mol. The van der Waals surface area contributed by atoms with E-state index in [0.29, 0.717) is 16.3 Å². The van der Waals surface area contributed by atoms with Crippen molar-refractivity contribution in [2.75, 3.05) is 7.11 Å². The van der Waals surface area contributed by atoms with E-state index in [4.69, 9.17) is 26.6 Å². The molecule has 0 aromatic heterocycles. The van der Waals surface area contributed by atoms with E-state index in [1.165, 1.54) is 19.2 Å². The van der Waals surface area contributed by atoms with Crippen LogP contribution in [0.2, 0.25) is 5.02 Å². The molecule has 0 radical (unpaired) electrons. The molecule has 0 heterocycles. The minimum atomic E-state index is -0.211. The number of phenols is 1. The van der Waals surface area contributed by atoms with E-state index in [1.54, 1.807) is 0 Å². The van der Waals surface area contributed by atoms with Gasteiger partial charge in [-0.2, -0.15) is 0 Å². The second-order valence-corrected chi connectivity index (χ2v) is 2.69. The van der Waals surface area contributed by atoms with E-state index in [0.717, 1.165) is 0 Å². The summed E-state index contributed by atoms with van der Waals surface area (Å²) in [5.41, 5.74) is 0.475. The van der Waals surface area contributed by atoms with Gasteiger partial charge in [0, 0.05) is 11.6 Å². The molecular weight excluding hydrogens is 180 g/mol. The molecule has 12 heavy (non-hydrogen) atoms. The molecule has 1 rings (SSSR count). The molecule has 0 fully saturated rings. The van der Waals surface area contributed by atoms with Crippen LogP contribution in [-0.4, -0.2) is 17.3 Å². The summed E-state index contributed by atoms with van der Waals surface area (Å²) in [5, 5.41) is 18.2. The minimum Gasteiger partial charge on any atom is -0.508 e. The number of rotatable bonds is 2. The zero-order valence-electron chi connectivity index (χ0n) is 6.54. The number of aromatic hydroxyl groups is 1. The number of aliphatic hydroxyl groups excluding tert-OH is 1. The van der Waals surface area contributed by atoms with Crippen LogP contribution in [0.1, 0.15) is 5.56 Å². The van der Waals surface area contributed by atoms with Gasteiger partial charge in [0.25, 0.3) is 0 Å². The van der Waals surface area contributed by atoms with E-state index in [9.17, 15) is 0 Å². The van der Waals surface area contributed by atoms with Crippen molar-refractivity contribution in [1.82, 2.24) is 0 Å². The van der Waals surface area contributed by atoms with Crippen molar-refractivity contribution in [3.63, 3.8) is 0 Å². The maximum atomic E-state index is 9.09. The predicted octanol–water partition coefficient (Wildman–Crippen LogP) is 1.55. The minimum absolute atomic E-state index is 0.0184. The summed E-state index contributed by atoms with van der Waals surface area (Å²) in [6.45, 7) is -0.211. The van der Waals surface area contributed by atoms with Gasteiger partial charge in [0.15, 0.2) is 0 Å². The van der Waals surface area contributed by atoms with Crippen molar-refractivity contribution in [3.05, 3.63) is 22.7 Å². The molecule has 0 spiro atoms. The SMILES string of the molecule is COc1c(Cl)cc(O)cc1CO. The largest absolute Gasteiger partial charge is 0.508 e. The first-order chi connectivity index (χ1) is 5.69. The fraction of sp³-hybridized carbons (Fsp3) is 0.250. The Morgan fingerprint density at radius 2 is 2.17 bits per heavy atom. The summed E-state index contributed by atoms with van der Waals surface area (Å²) in [4.78, 5) is 0. The smallest absolute Gasteiger partial charge is 0.143 e. The van der Waals surface area contributed by atoms with E-state index in [2.05, 4.69) is 0 Å². The lowest BCUT2D eigenvalue weighted by Gasteiger charge is -2.08. The Bertz CT molecular complexity index is 286. The molecule has 2 N–H and O–H groups in total. The van der Waals surface area contributed by atoms with Crippen LogP contribution < -0.4 is 4.74 Å². The summed E-state index contributed by atoms with van der Waals surface area (Å²) in [6, 6.07) is 2.77.